The van der Waals surface area contributed by atoms with Gasteiger partial charge in [0.1, 0.15) is 0 Å². The third kappa shape index (κ3) is 3.99. The van der Waals surface area contributed by atoms with Gasteiger partial charge in [-0.3, -0.25) is 9.69 Å². The quantitative estimate of drug-likeness (QED) is 0.770. The standard InChI is InChI=1S/C19H28N2O3S2/c22-19(18-13-15-5-3-1-2-4-6-17(15)25-18)21-10-8-20(9-11-21)16-7-12-26(23,24)14-16/h13,16H,1-12,14H2/t16-/m1/s1. The van der Waals surface area contributed by atoms with Crippen LogP contribution in [0.15, 0.2) is 6.07 Å². The van der Waals surface area contributed by atoms with Gasteiger partial charge in [0.25, 0.3) is 5.91 Å². The molecule has 1 aromatic rings. The Bertz CT molecular complexity index is 738. The molecule has 26 heavy (non-hydrogen) atoms. The van der Waals surface area contributed by atoms with Crippen molar-refractivity contribution in [3.8, 4) is 0 Å². The van der Waals surface area contributed by atoms with Crippen molar-refractivity contribution in [3.05, 3.63) is 21.4 Å². The maximum absolute atomic E-state index is 12.9. The second-order valence-electron chi connectivity index (χ2n) is 7.86. The van der Waals surface area contributed by atoms with Crippen molar-refractivity contribution in [2.24, 2.45) is 0 Å². The first-order valence-electron chi connectivity index (χ1n) is 9.87. The number of hydrogen-bond acceptors (Lipinski definition) is 5. The molecule has 3 aliphatic rings. The number of amides is 1. The van der Waals surface area contributed by atoms with E-state index >= 15 is 0 Å². The summed E-state index contributed by atoms with van der Waals surface area (Å²) in [6.07, 6.45) is 8.06. The number of rotatable bonds is 2. The van der Waals surface area contributed by atoms with Gasteiger partial charge in [-0.05, 0) is 43.7 Å². The maximum atomic E-state index is 12.9. The Morgan fingerprint density at radius 1 is 1.04 bits per heavy atom. The highest BCUT2D eigenvalue weighted by molar-refractivity contribution is 7.91. The van der Waals surface area contributed by atoms with Crippen LogP contribution < -0.4 is 0 Å². The maximum Gasteiger partial charge on any atom is 0.264 e. The molecule has 7 heteroatoms. The minimum absolute atomic E-state index is 0.152. The van der Waals surface area contributed by atoms with Crippen LogP contribution in [-0.4, -0.2) is 67.9 Å². The van der Waals surface area contributed by atoms with Crippen molar-refractivity contribution in [3.63, 3.8) is 0 Å². The zero-order valence-electron chi connectivity index (χ0n) is 15.3. The summed E-state index contributed by atoms with van der Waals surface area (Å²) in [5.41, 5.74) is 1.40. The predicted octanol–water partition coefficient (Wildman–Crippen LogP) is 2.35. The molecule has 0 bridgehead atoms. The van der Waals surface area contributed by atoms with Gasteiger partial charge in [0.15, 0.2) is 9.84 Å². The molecule has 5 nitrogen and oxygen atoms in total. The highest BCUT2D eigenvalue weighted by Gasteiger charge is 2.34. The number of nitrogens with zero attached hydrogens (tertiary/aromatic N) is 2. The highest BCUT2D eigenvalue weighted by Crippen LogP contribution is 2.29. The summed E-state index contributed by atoms with van der Waals surface area (Å²) in [5.74, 6) is 0.774. The lowest BCUT2D eigenvalue weighted by molar-refractivity contribution is 0.0592. The SMILES string of the molecule is O=C(c1cc2c(s1)CCCCCC2)N1CCN([C@@H]2CCS(=O)(=O)C2)CC1. The monoisotopic (exact) mass is 396 g/mol. The van der Waals surface area contributed by atoms with Crippen LogP contribution in [0.1, 0.15) is 52.2 Å². The molecule has 3 heterocycles. The van der Waals surface area contributed by atoms with Crippen molar-refractivity contribution < 1.29 is 13.2 Å². The van der Waals surface area contributed by atoms with Crippen LogP contribution in [0.25, 0.3) is 0 Å². The van der Waals surface area contributed by atoms with Gasteiger partial charge in [-0.15, -0.1) is 11.3 Å². The third-order valence-electron chi connectivity index (χ3n) is 6.03. The van der Waals surface area contributed by atoms with Crippen LogP contribution in [0.5, 0.6) is 0 Å². The molecule has 0 radical (unpaired) electrons. The number of hydrogen-bond donors (Lipinski definition) is 0. The molecule has 0 aromatic carbocycles. The van der Waals surface area contributed by atoms with Gasteiger partial charge in [0.2, 0.25) is 0 Å². The number of piperazine rings is 1. The molecule has 2 fully saturated rings. The zero-order valence-corrected chi connectivity index (χ0v) is 16.9. The van der Waals surface area contributed by atoms with E-state index in [1.54, 1.807) is 11.3 Å². The second-order valence-corrected chi connectivity index (χ2v) is 11.2. The molecule has 4 rings (SSSR count). The number of fused-ring (bicyclic) bond motifs is 1. The molecule has 1 aliphatic carbocycles. The summed E-state index contributed by atoms with van der Waals surface area (Å²) >= 11 is 1.70. The summed E-state index contributed by atoms with van der Waals surface area (Å²) < 4.78 is 23.4. The van der Waals surface area contributed by atoms with E-state index < -0.39 is 9.84 Å². The van der Waals surface area contributed by atoms with Gasteiger partial charge in [0, 0.05) is 37.1 Å². The fraction of sp³-hybridized carbons (Fsp3) is 0.737. The van der Waals surface area contributed by atoms with E-state index in [9.17, 15) is 13.2 Å². The van der Waals surface area contributed by atoms with Crippen LogP contribution >= 0.6 is 11.3 Å². The van der Waals surface area contributed by atoms with E-state index in [1.165, 1.54) is 36.1 Å². The zero-order chi connectivity index (χ0) is 18.1. The van der Waals surface area contributed by atoms with Gasteiger partial charge in [-0.2, -0.15) is 0 Å². The van der Waals surface area contributed by atoms with Crippen molar-refractivity contribution in [1.29, 1.82) is 0 Å². The molecule has 0 spiro atoms. The van der Waals surface area contributed by atoms with Crippen LogP contribution in [0, 0.1) is 0 Å². The lowest BCUT2D eigenvalue weighted by Gasteiger charge is -2.37. The number of aryl methyl sites for hydroxylation is 2. The fourth-order valence-corrected chi connectivity index (χ4v) is 7.44. The Morgan fingerprint density at radius 3 is 2.46 bits per heavy atom. The van der Waals surface area contributed by atoms with Gasteiger partial charge in [0.05, 0.1) is 16.4 Å². The Balaban J connectivity index is 1.37. The third-order valence-corrected chi connectivity index (χ3v) is 9.01. The first-order chi connectivity index (χ1) is 12.5. The number of carbonyl (C=O) groups is 1. The van der Waals surface area contributed by atoms with Crippen LogP contribution in [0.3, 0.4) is 0 Å². The second kappa shape index (κ2) is 7.60. The molecule has 0 unspecified atom stereocenters. The van der Waals surface area contributed by atoms with Crippen molar-refractivity contribution in [2.45, 2.75) is 51.0 Å². The Kier molecular flexibility index (Phi) is 5.39. The van der Waals surface area contributed by atoms with Crippen LogP contribution in [0.2, 0.25) is 0 Å². The molecule has 0 N–H and O–H groups in total. The van der Waals surface area contributed by atoms with E-state index in [-0.39, 0.29) is 11.9 Å². The molecule has 144 valence electrons. The van der Waals surface area contributed by atoms with E-state index in [0.29, 0.717) is 24.6 Å². The number of carbonyl (C=O) groups excluding carboxylic acids is 1. The summed E-state index contributed by atoms with van der Waals surface area (Å²) in [6, 6.07) is 2.29. The number of thiophene rings is 1. The molecular formula is C19H28N2O3S2. The minimum atomic E-state index is -2.85. The average molecular weight is 397 g/mol. The Labute approximate surface area is 160 Å². The first kappa shape index (κ1) is 18.4. The normalized spacial score (nSPS) is 26.9. The lowest BCUT2D eigenvalue weighted by Crippen LogP contribution is -2.52. The molecule has 0 saturated carbocycles. The Hall–Kier alpha value is -0.920. The van der Waals surface area contributed by atoms with Gasteiger partial charge in [-0.25, -0.2) is 8.42 Å². The lowest BCUT2D eigenvalue weighted by atomic mass is 10.00. The molecule has 1 amide bonds. The van der Waals surface area contributed by atoms with Crippen molar-refractivity contribution >= 4 is 27.1 Å². The summed E-state index contributed by atoms with van der Waals surface area (Å²) in [7, 11) is -2.85. The smallest absolute Gasteiger partial charge is 0.264 e. The topological polar surface area (TPSA) is 57.7 Å². The van der Waals surface area contributed by atoms with E-state index in [4.69, 9.17) is 0 Å². The van der Waals surface area contributed by atoms with E-state index in [0.717, 1.165) is 37.2 Å². The van der Waals surface area contributed by atoms with Crippen molar-refractivity contribution in [1.82, 2.24) is 9.80 Å². The molecular weight excluding hydrogens is 368 g/mol. The van der Waals surface area contributed by atoms with Gasteiger partial charge in [-0.1, -0.05) is 12.8 Å². The van der Waals surface area contributed by atoms with Gasteiger partial charge >= 0.3 is 0 Å². The molecule has 1 aromatic heterocycles. The predicted molar refractivity (Wildman–Crippen MR) is 105 cm³/mol. The van der Waals surface area contributed by atoms with E-state index in [1.807, 2.05) is 4.90 Å². The van der Waals surface area contributed by atoms with Crippen LogP contribution in [0.4, 0.5) is 0 Å². The molecule has 1 atom stereocenters. The van der Waals surface area contributed by atoms with Crippen LogP contribution in [-0.2, 0) is 22.7 Å². The van der Waals surface area contributed by atoms with Gasteiger partial charge < -0.3 is 4.90 Å². The molecule has 2 aliphatic heterocycles. The summed E-state index contributed by atoms with van der Waals surface area (Å²) in [6.45, 7) is 2.99. The highest BCUT2D eigenvalue weighted by atomic mass is 32.2. The summed E-state index contributed by atoms with van der Waals surface area (Å²) in [5, 5.41) is 0. The average Bonchev–Trinajstić information content (AvgIpc) is 3.17. The first-order valence-corrected chi connectivity index (χ1v) is 12.5. The fourth-order valence-electron chi connectivity index (χ4n) is 4.46. The van der Waals surface area contributed by atoms with Crippen molar-refractivity contribution in [2.75, 3.05) is 37.7 Å². The largest absolute Gasteiger partial charge is 0.335 e. The summed E-state index contributed by atoms with van der Waals surface area (Å²) in [4.78, 5) is 19.5. The minimum Gasteiger partial charge on any atom is -0.335 e. The number of sulfone groups is 1. The van der Waals surface area contributed by atoms with E-state index in [2.05, 4.69) is 11.0 Å². The molecule has 2 saturated heterocycles. The Morgan fingerprint density at radius 2 is 1.77 bits per heavy atom.